The molecule has 120 valence electrons. The van der Waals surface area contributed by atoms with Gasteiger partial charge in [0.1, 0.15) is 10.3 Å². The Labute approximate surface area is 139 Å². The Morgan fingerprint density at radius 2 is 2.09 bits per heavy atom. The molecule has 2 rings (SSSR count). The zero-order valence-electron chi connectivity index (χ0n) is 12.8. The molecular formula is C16H21BrN2O3. The standard InChI is InChI=1S/C16H21BrN2O3/c1-2-3-11-22-16(21)19-9-7-12(8-10-19)15(20)13-5-4-6-14(17)18-13/h4-6,12H,2-3,7-11H2,1H3. The highest BCUT2D eigenvalue weighted by Gasteiger charge is 2.29. The molecule has 0 radical (unpaired) electrons. The molecular weight excluding hydrogens is 348 g/mol. The number of ether oxygens (including phenoxy) is 1. The second-order valence-corrected chi connectivity index (χ2v) is 6.25. The fourth-order valence-electron chi connectivity index (χ4n) is 2.47. The summed E-state index contributed by atoms with van der Waals surface area (Å²) in [7, 11) is 0. The van der Waals surface area contributed by atoms with Crippen molar-refractivity contribution in [1.29, 1.82) is 0 Å². The molecule has 6 heteroatoms. The van der Waals surface area contributed by atoms with Gasteiger partial charge in [0, 0.05) is 19.0 Å². The first-order chi connectivity index (χ1) is 10.6. The topological polar surface area (TPSA) is 59.5 Å². The molecule has 0 bridgehead atoms. The maximum Gasteiger partial charge on any atom is 0.409 e. The van der Waals surface area contributed by atoms with Crippen LogP contribution in [-0.4, -0.2) is 41.5 Å². The smallest absolute Gasteiger partial charge is 0.409 e. The predicted octanol–water partition coefficient (Wildman–Crippen LogP) is 3.68. The Morgan fingerprint density at radius 1 is 1.36 bits per heavy atom. The van der Waals surface area contributed by atoms with Crippen molar-refractivity contribution in [2.75, 3.05) is 19.7 Å². The molecule has 0 spiro atoms. The lowest BCUT2D eigenvalue weighted by atomic mass is 9.91. The van der Waals surface area contributed by atoms with E-state index < -0.39 is 0 Å². The molecule has 0 aromatic carbocycles. The second-order valence-electron chi connectivity index (χ2n) is 5.44. The van der Waals surface area contributed by atoms with Crippen LogP contribution < -0.4 is 0 Å². The summed E-state index contributed by atoms with van der Waals surface area (Å²) in [4.78, 5) is 30.2. The highest BCUT2D eigenvalue weighted by Crippen LogP contribution is 2.22. The first-order valence-corrected chi connectivity index (χ1v) is 8.49. The van der Waals surface area contributed by atoms with Gasteiger partial charge in [-0.3, -0.25) is 4.79 Å². The first kappa shape index (κ1) is 16.9. The van der Waals surface area contributed by atoms with Crippen molar-refractivity contribution < 1.29 is 14.3 Å². The van der Waals surface area contributed by atoms with E-state index in [1.165, 1.54) is 0 Å². The Hall–Kier alpha value is -1.43. The lowest BCUT2D eigenvalue weighted by molar-refractivity contribution is 0.0730. The molecule has 1 aliphatic heterocycles. The van der Waals surface area contributed by atoms with Crippen LogP contribution in [0.25, 0.3) is 0 Å². The number of aromatic nitrogens is 1. The van der Waals surface area contributed by atoms with E-state index in [9.17, 15) is 9.59 Å². The van der Waals surface area contributed by atoms with Crippen molar-refractivity contribution in [2.24, 2.45) is 5.92 Å². The number of likely N-dealkylation sites (tertiary alicyclic amines) is 1. The Kier molecular flexibility index (Phi) is 6.36. The number of pyridine rings is 1. The van der Waals surface area contributed by atoms with Crippen molar-refractivity contribution in [3.8, 4) is 0 Å². The Bertz CT molecular complexity index is 528. The minimum atomic E-state index is -0.264. The van der Waals surface area contributed by atoms with Crippen LogP contribution in [0.3, 0.4) is 0 Å². The number of hydrogen-bond acceptors (Lipinski definition) is 4. The average molecular weight is 369 g/mol. The number of unbranched alkanes of at least 4 members (excludes halogenated alkanes) is 1. The van der Waals surface area contributed by atoms with Crippen LogP contribution in [0.5, 0.6) is 0 Å². The van der Waals surface area contributed by atoms with E-state index in [4.69, 9.17) is 4.74 Å². The summed E-state index contributed by atoms with van der Waals surface area (Å²) >= 11 is 3.28. The molecule has 1 aromatic rings. The minimum absolute atomic E-state index is 0.0558. The molecule has 0 aliphatic carbocycles. The van der Waals surface area contributed by atoms with Gasteiger partial charge in [0.25, 0.3) is 0 Å². The molecule has 22 heavy (non-hydrogen) atoms. The van der Waals surface area contributed by atoms with E-state index in [0.29, 0.717) is 42.8 Å². The minimum Gasteiger partial charge on any atom is -0.449 e. The summed E-state index contributed by atoms with van der Waals surface area (Å²) in [6.45, 7) is 3.65. The summed E-state index contributed by atoms with van der Waals surface area (Å²) in [5.74, 6) is -0.0122. The molecule has 2 heterocycles. The fourth-order valence-corrected chi connectivity index (χ4v) is 2.82. The van der Waals surface area contributed by atoms with Crippen LogP contribution in [0.2, 0.25) is 0 Å². The summed E-state index contributed by atoms with van der Waals surface area (Å²) in [6.07, 6.45) is 2.95. The third kappa shape index (κ3) is 4.53. The van der Waals surface area contributed by atoms with Gasteiger partial charge in [-0.2, -0.15) is 0 Å². The van der Waals surface area contributed by atoms with Crippen molar-refractivity contribution in [3.63, 3.8) is 0 Å². The van der Waals surface area contributed by atoms with Crippen molar-refractivity contribution >= 4 is 27.8 Å². The van der Waals surface area contributed by atoms with Gasteiger partial charge in [-0.25, -0.2) is 9.78 Å². The van der Waals surface area contributed by atoms with Gasteiger partial charge in [-0.15, -0.1) is 0 Å². The van der Waals surface area contributed by atoms with Gasteiger partial charge >= 0.3 is 6.09 Å². The van der Waals surface area contributed by atoms with Crippen LogP contribution in [-0.2, 0) is 4.74 Å². The van der Waals surface area contributed by atoms with Crippen LogP contribution >= 0.6 is 15.9 Å². The van der Waals surface area contributed by atoms with Crippen LogP contribution in [0, 0.1) is 5.92 Å². The summed E-state index contributed by atoms with van der Waals surface area (Å²) in [5.41, 5.74) is 0.485. The van der Waals surface area contributed by atoms with Crippen LogP contribution in [0.4, 0.5) is 4.79 Å². The molecule has 1 aliphatic rings. The van der Waals surface area contributed by atoms with Crippen molar-refractivity contribution in [3.05, 3.63) is 28.5 Å². The zero-order valence-corrected chi connectivity index (χ0v) is 14.3. The number of halogens is 1. The number of amides is 1. The molecule has 5 nitrogen and oxygen atoms in total. The third-order valence-electron chi connectivity index (χ3n) is 3.81. The molecule has 0 N–H and O–H groups in total. The van der Waals surface area contributed by atoms with Crippen molar-refractivity contribution in [2.45, 2.75) is 32.6 Å². The molecule has 1 amide bonds. The monoisotopic (exact) mass is 368 g/mol. The van der Waals surface area contributed by atoms with E-state index in [2.05, 4.69) is 27.8 Å². The molecule has 1 saturated heterocycles. The highest BCUT2D eigenvalue weighted by atomic mass is 79.9. The van der Waals surface area contributed by atoms with E-state index in [-0.39, 0.29) is 17.8 Å². The van der Waals surface area contributed by atoms with E-state index >= 15 is 0 Å². The number of carbonyl (C=O) groups excluding carboxylic acids is 2. The third-order valence-corrected chi connectivity index (χ3v) is 4.26. The number of rotatable bonds is 5. The van der Waals surface area contributed by atoms with Gasteiger partial charge in [0.2, 0.25) is 0 Å². The van der Waals surface area contributed by atoms with Gasteiger partial charge in [0.05, 0.1) is 6.61 Å². The summed E-state index contributed by atoms with van der Waals surface area (Å²) in [6, 6.07) is 5.34. The lowest BCUT2D eigenvalue weighted by Crippen LogP contribution is -2.40. The highest BCUT2D eigenvalue weighted by molar-refractivity contribution is 9.10. The Morgan fingerprint density at radius 3 is 2.73 bits per heavy atom. The van der Waals surface area contributed by atoms with Gasteiger partial charge in [-0.1, -0.05) is 19.4 Å². The fraction of sp³-hybridized carbons (Fsp3) is 0.562. The van der Waals surface area contributed by atoms with Crippen LogP contribution in [0.15, 0.2) is 22.8 Å². The van der Waals surface area contributed by atoms with Gasteiger partial charge in [0.15, 0.2) is 5.78 Å². The maximum atomic E-state index is 12.4. The van der Waals surface area contributed by atoms with Gasteiger partial charge in [-0.05, 0) is 47.3 Å². The number of carbonyl (C=O) groups is 2. The maximum absolute atomic E-state index is 12.4. The molecule has 1 aromatic heterocycles. The molecule has 0 saturated carbocycles. The largest absolute Gasteiger partial charge is 0.449 e. The lowest BCUT2D eigenvalue weighted by Gasteiger charge is -2.30. The zero-order chi connectivity index (χ0) is 15.9. The van der Waals surface area contributed by atoms with Crippen molar-refractivity contribution in [1.82, 2.24) is 9.88 Å². The van der Waals surface area contributed by atoms with Crippen LogP contribution in [0.1, 0.15) is 43.1 Å². The SMILES string of the molecule is CCCCOC(=O)N1CCC(C(=O)c2cccc(Br)n2)CC1. The Balaban J connectivity index is 1.84. The quantitative estimate of drug-likeness (QED) is 0.451. The average Bonchev–Trinajstić information content (AvgIpc) is 2.54. The number of nitrogens with zero attached hydrogens (tertiary/aromatic N) is 2. The predicted molar refractivity (Wildman–Crippen MR) is 86.8 cm³/mol. The van der Waals surface area contributed by atoms with Gasteiger partial charge < -0.3 is 9.64 Å². The normalized spacial score (nSPS) is 15.6. The first-order valence-electron chi connectivity index (χ1n) is 7.70. The van der Waals surface area contributed by atoms with E-state index in [0.717, 1.165) is 12.8 Å². The second kappa shape index (κ2) is 8.27. The van der Waals surface area contributed by atoms with E-state index in [1.54, 1.807) is 17.0 Å². The summed E-state index contributed by atoms with van der Waals surface area (Å²) in [5, 5.41) is 0. The number of ketones is 1. The molecule has 1 fully saturated rings. The van der Waals surface area contributed by atoms with E-state index in [1.807, 2.05) is 6.07 Å². The molecule has 0 unspecified atom stereocenters. The number of piperidine rings is 1. The molecule has 0 atom stereocenters. The summed E-state index contributed by atoms with van der Waals surface area (Å²) < 4.78 is 5.86. The number of hydrogen-bond donors (Lipinski definition) is 0. The number of Topliss-reactive ketones (excluding diaryl/α,β-unsaturated/α-hetero) is 1.